The molecule has 1 aromatic rings. The monoisotopic (exact) mass is 244 g/mol. The maximum Gasteiger partial charge on any atom is 0.130 e. The van der Waals surface area contributed by atoms with Gasteiger partial charge in [-0.25, -0.2) is 4.39 Å². The molecule has 0 bridgehead atoms. The lowest BCUT2D eigenvalue weighted by atomic mass is 10.1. The minimum absolute atomic E-state index is 0.170. The van der Waals surface area contributed by atoms with Crippen LogP contribution in [-0.4, -0.2) is 5.11 Å². The van der Waals surface area contributed by atoms with Crippen molar-refractivity contribution in [2.45, 2.75) is 18.9 Å². The van der Waals surface area contributed by atoms with Crippen LogP contribution in [0.1, 0.15) is 18.9 Å². The van der Waals surface area contributed by atoms with Gasteiger partial charge in [0.25, 0.3) is 0 Å². The van der Waals surface area contributed by atoms with Crippen molar-refractivity contribution in [2.24, 2.45) is 5.92 Å². The first kappa shape index (κ1) is 9.16. The SMILES string of the molecule is CC1CC1(O)c1ccc(Br)cc1F. The van der Waals surface area contributed by atoms with Gasteiger partial charge in [0.05, 0.1) is 5.60 Å². The van der Waals surface area contributed by atoms with Crippen LogP contribution in [-0.2, 0) is 5.60 Å². The molecular weight excluding hydrogens is 235 g/mol. The highest BCUT2D eigenvalue weighted by molar-refractivity contribution is 9.10. The van der Waals surface area contributed by atoms with E-state index in [0.29, 0.717) is 16.5 Å². The average Bonchev–Trinajstić information content (AvgIpc) is 2.59. The molecule has 1 nitrogen and oxygen atoms in total. The Balaban J connectivity index is 2.42. The van der Waals surface area contributed by atoms with E-state index < -0.39 is 5.60 Å². The summed E-state index contributed by atoms with van der Waals surface area (Å²) in [6.45, 7) is 1.92. The summed E-state index contributed by atoms with van der Waals surface area (Å²) in [5.74, 6) is -0.163. The van der Waals surface area contributed by atoms with Gasteiger partial charge in [-0.2, -0.15) is 0 Å². The first-order chi connectivity index (χ1) is 6.04. The van der Waals surface area contributed by atoms with Crippen molar-refractivity contribution in [3.8, 4) is 0 Å². The second-order valence-corrected chi connectivity index (χ2v) is 4.57. The first-order valence-electron chi connectivity index (χ1n) is 4.22. The fraction of sp³-hybridized carbons (Fsp3) is 0.400. The minimum atomic E-state index is -0.912. The quantitative estimate of drug-likeness (QED) is 0.806. The molecule has 0 spiro atoms. The fourth-order valence-electron chi connectivity index (χ4n) is 1.62. The number of benzene rings is 1. The van der Waals surface area contributed by atoms with E-state index in [2.05, 4.69) is 15.9 Å². The number of hydrogen-bond donors (Lipinski definition) is 1. The highest BCUT2D eigenvalue weighted by atomic mass is 79.9. The lowest BCUT2D eigenvalue weighted by Gasteiger charge is -2.10. The number of hydrogen-bond acceptors (Lipinski definition) is 1. The second kappa shape index (κ2) is 2.79. The molecule has 0 radical (unpaired) electrons. The molecule has 2 atom stereocenters. The Morgan fingerprint density at radius 3 is 2.69 bits per heavy atom. The smallest absolute Gasteiger partial charge is 0.130 e. The number of aliphatic hydroxyl groups is 1. The van der Waals surface area contributed by atoms with E-state index in [1.54, 1.807) is 12.1 Å². The standard InChI is InChI=1S/C10H10BrFO/c1-6-5-10(6,13)8-3-2-7(11)4-9(8)12/h2-4,6,13H,5H2,1H3. The van der Waals surface area contributed by atoms with E-state index in [4.69, 9.17) is 0 Å². The van der Waals surface area contributed by atoms with Crippen LogP contribution >= 0.6 is 15.9 Å². The predicted molar refractivity (Wildman–Crippen MR) is 51.8 cm³/mol. The highest BCUT2D eigenvalue weighted by Gasteiger charge is 2.52. The average molecular weight is 245 g/mol. The van der Waals surface area contributed by atoms with Gasteiger partial charge in [-0.1, -0.05) is 28.9 Å². The third kappa shape index (κ3) is 1.40. The molecule has 0 saturated heterocycles. The summed E-state index contributed by atoms with van der Waals surface area (Å²) in [6, 6.07) is 4.78. The molecule has 70 valence electrons. The van der Waals surface area contributed by atoms with Crippen molar-refractivity contribution in [3.63, 3.8) is 0 Å². The molecule has 0 aromatic heterocycles. The molecule has 0 heterocycles. The van der Waals surface area contributed by atoms with Gasteiger partial charge in [0.15, 0.2) is 0 Å². The molecule has 1 aliphatic carbocycles. The summed E-state index contributed by atoms with van der Waals surface area (Å²) >= 11 is 3.18. The van der Waals surface area contributed by atoms with E-state index in [9.17, 15) is 9.50 Å². The normalized spacial score (nSPS) is 31.8. The molecule has 0 aliphatic heterocycles. The van der Waals surface area contributed by atoms with Crippen molar-refractivity contribution in [1.29, 1.82) is 0 Å². The van der Waals surface area contributed by atoms with Gasteiger partial charge in [-0.15, -0.1) is 0 Å². The molecule has 2 unspecified atom stereocenters. The van der Waals surface area contributed by atoms with Crippen LogP contribution in [0.2, 0.25) is 0 Å². The van der Waals surface area contributed by atoms with E-state index >= 15 is 0 Å². The topological polar surface area (TPSA) is 20.2 Å². The molecular formula is C10H10BrFO. The maximum absolute atomic E-state index is 13.4. The minimum Gasteiger partial charge on any atom is -0.385 e. The van der Waals surface area contributed by atoms with Crippen molar-refractivity contribution >= 4 is 15.9 Å². The Labute approximate surface area is 84.7 Å². The van der Waals surface area contributed by atoms with Crippen molar-refractivity contribution in [3.05, 3.63) is 34.1 Å². The molecule has 1 fully saturated rings. The Kier molecular flexibility index (Phi) is 1.96. The van der Waals surface area contributed by atoms with Crippen LogP contribution < -0.4 is 0 Å². The zero-order valence-corrected chi connectivity index (χ0v) is 8.81. The lowest BCUT2D eigenvalue weighted by molar-refractivity contribution is 0.130. The Morgan fingerprint density at radius 1 is 1.62 bits per heavy atom. The molecule has 3 heteroatoms. The van der Waals surface area contributed by atoms with Crippen LogP contribution in [0.25, 0.3) is 0 Å². The van der Waals surface area contributed by atoms with E-state index in [1.807, 2.05) is 6.92 Å². The molecule has 1 aromatic carbocycles. The maximum atomic E-state index is 13.4. The summed E-state index contributed by atoms with van der Waals surface area (Å²) in [5.41, 5.74) is -0.492. The first-order valence-corrected chi connectivity index (χ1v) is 5.01. The number of rotatable bonds is 1. The third-order valence-electron chi connectivity index (χ3n) is 2.67. The van der Waals surface area contributed by atoms with E-state index in [1.165, 1.54) is 6.07 Å². The zero-order chi connectivity index (χ0) is 9.64. The molecule has 1 N–H and O–H groups in total. The number of halogens is 2. The summed E-state index contributed by atoms with van der Waals surface area (Å²) in [5, 5.41) is 9.89. The van der Waals surface area contributed by atoms with Gasteiger partial charge >= 0.3 is 0 Å². The summed E-state index contributed by atoms with van der Waals surface area (Å²) in [4.78, 5) is 0. The summed E-state index contributed by atoms with van der Waals surface area (Å²) in [7, 11) is 0. The van der Waals surface area contributed by atoms with Gasteiger partial charge in [0.1, 0.15) is 5.82 Å². The summed E-state index contributed by atoms with van der Waals surface area (Å²) < 4.78 is 14.1. The van der Waals surface area contributed by atoms with Crippen molar-refractivity contribution in [2.75, 3.05) is 0 Å². The van der Waals surface area contributed by atoms with Crippen LogP contribution in [0.15, 0.2) is 22.7 Å². The van der Waals surface area contributed by atoms with Gasteiger partial charge in [0.2, 0.25) is 0 Å². The highest BCUT2D eigenvalue weighted by Crippen LogP contribution is 2.52. The Bertz CT molecular complexity index is 353. The van der Waals surface area contributed by atoms with Gasteiger partial charge in [-0.05, 0) is 24.5 Å². The molecule has 0 amide bonds. The third-order valence-corrected chi connectivity index (χ3v) is 3.16. The van der Waals surface area contributed by atoms with Crippen LogP contribution in [0.3, 0.4) is 0 Å². The van der Waals surface area contributed by atoms with Gasteiger partial charge in [-0.3, -0.25) is 0 Å². The van der Waals surface area contributed by atoms with Crippen LogP contribution in [0, 0.1) is 11.7 Å². The van der Waals surface area contributed by atoms with Crippen LogP contribution in [0.5, 0.6) is 0 Å². The second-order valence-electron chi connectivity index (χ2n) is 3.65. The largest absolute Gasteiger partial charge is 0.385 e. The Morgan fingerprint density at radius 2 is 2.23 bits per heavy atom. The van der Waals surface area contributed by atoms with Gasteiger partial charge < -0.3 is 5.11 Å². The van der Waals surface area contributed by atoms with Gasteiger partial charge in [0, 0.05) is 10.0 Å². The van der Waals surface area contributed by atoms with Crippen LogP contribution in [0.4, 0.5) is 4.39 Å². The zero-order valence-electron chi connectivity index (χ0n) is 7.22. The molecule has 2 rings (SSSR count). The molecule has 13 heavy (non-hydrogen) atoms. The predicted octanol–water partition coefficient (Wildman–Crippen LogP) is 2.82. The fourth-order valence-corrected chi connectivity index (χ4v) is 1.96. The summed E-state index contributed by atoms with van der Waals surface area (Å²) in [6.07, 6.45) is 0.658. The van der Waals surface area contributed by atoms with E-state index in [-0.39, 0.29) is 11.7 Å². The van der Waals surface area contributed by atoms with Crippen molar-refractivity contribution < 1.29 is 9.50 Å². The molecule has 1 saturated carbocycles. The Hall–Kier alpha value is -0.410. The van der Waals surface area contributed by atoms with Crippen molar-refractivity contribution in [1.82, 2.24) is 0 Å². The van der Waals surface area contributed by atoms with E-state index in [0.717, 1.165) is 0 Å². The molecule has 1 aliphatic rings. The lowest BCUT2D eigenvalue weighted by Crippen LogP contribution is -2.09.